The fraction of sp³-hybridized carbons (Fsp3) is 0.526. The van der Waals surface area contributed by atoms with Crippen molar-refractivity contribution in [1.82, 2.24) is 20.4 Å². The number of aliphatic hydroxyl groups is 1. The van der Waals surface area contributed by atoms with Crippen molar-refractivity contribution in [3.63, 3.8) is 0 Å². The van der Waals surface area contributed by atoms with Crippen molar-refractivity contribution >= 4 is 12.4 Å². The van der Waals surface area contributed by atoms with E-state index in [2.05, 4.69) is 41.3 Å². The number of methoxy groups -OCH3 is 1. The SMILES string of the molecule is COc1ccc(Cn2nc(C)c(CNCC3CNCC3O)c2C)cc1.Cl. The molecule has 3 N–H and O–H groups in total. The maximum atomic E-state index is 9.87. The van der Waals surface area contributed by atoms with Crippen molar-refractivity contribution in [2.24, 2.45) is 5.92 Å². The summed E-state index contributed by atoms with van der Waals surface area (Å²) in [5.41, 5.74) is 4.69. The molecule has 0 aliphatic carbocycles. The first kappa shape index (κ1) is 20.7. The van der Waals surface area contributed by atoms with E-state index >= 15 is 0 Å². The Morgan fingerprint density at radius 2 is 2.00 bits per heavy atom. The van der Waals surface area contributed by atoms with E-state index in [1.54, 1.807) is 7.11 Å². The second kappa shape index (κ2) is 9.37. The van der Waals surface area contributed by atoms with Gasteiger partial charge in [-0.25, -0.2) is 0 Å². The quantitative estimate of drug-likeness (QED) is 0.681. The lowest BCUT2D eigenvalue weighted by atomic mass is 10.1. The summed E-state index contributed by atoms with van der Waals surface area (Å²) in [5.74, 6) is 1.15. The molecule has 2 aromatic rings. The van der Waals surface area contributed by atoms with Crippen LogP contribution in [0.4, 0.5) is 0 Å². The van der Waals surface area contributed by atoms with Crippen LogP contribution in [0.1, 0.15) is 22.5 Å². The molecule has 0 radical (unpaired) electrons. The van der Waals surface area contributed by atoms with Crippen LogP contribution in [0.25, 0.3) is 0 Å². The van der Waals surface area contributed by atoms with E-state index in [1.165, 1.54) is 16.8 Å². The van der Waals surface area contributed by atoms with Gasteiger partial charge in [-0.1, -0.05) is 12.1 Å². The molecule has 0 saturated carbocycles. The molecule has 2 heterocycles. The molecule has 1 aromatic heterocycles. The van der Waals surface area contributed by atoms with E-state index in [0.29, 0.717) is 6.54 Å². The predicted octanol–water partition coefficient (Wildman–Crippen LogP) is 1.65. The number of rotatable bonds is 7. The van der Waals surface area contributed by atoms with Crippen LogP contribution in [0.15, 0.2) is 24.3 Å². The molecule has 0 bridgehead atoms. The second-order valence-electron chi connectivity index (χ2n) is 6.77. The van der Waals surface area contributed by atoms with E-state index in [0.717, 1.165) is 37.6 Å². The Bertz CT molecular complexity index is 702. The monoisotopic (exact) mass is 380 g/mol. The third kappa shape index (κ3) is 4.76. The van der Waals surface area contributed by atoms with Gasteiger partial charge in [-0.15, -0.1) is 12.4 Å². The summed E-state index contributed by atoms with van der Waals surface area (Å²) < 4.78 is 7.26. The van der Waals surface area contributed by atoms with Crippen LogP contribution in [-0.2, 0) is 13.1 Å². The Balaban J connectivity index is 0.00000243. The van der Waals surface area contributed by atoms with Gasteiger partial charge in [-0.05, 0) is 31.5 Å². The van der Waals surface area contributed by atoms with Gasteiger partial charge in [-0.3, -0.25) is 4.68 Å². The van der Waals surface area contributed by atoms with Crippen molar-refractivity contribution in [3.05, 3.63) is 46.8 Å². The van der Waals surface area contributed by atoms with E-state index < -0.39 is 0 Å². The van der Waals surface area contributed by atoms with Crippen LogP contribution in [0.3, 0.4) is 0 Å². The molecule has 0 spiro atoms. The number of benzene rings is 1. The Morgan fingerprint density at radius 3 is 2.62 bits per heavy atom. The molecular formula is C19H29ClN4O2. The minimum absolute atomic E-state index is 0. The van der Waals surface area contributed by atoms with Gasteiger partial charge in [0.05, 0.1) is 25.5 Å². The van der Waals surface area contributed by atoms with Crippen molar-refractivity contribution in [2.75, 3.05) is 26.7 Å². The smallest absolute Gasteiger partial charge is 0.118 e. The lowest BCUT2D eigenvalue weighted by Crippen LogP contribution is -2.30. The molecule has 1 saturated heterocycles. The molecule has 2 atom stereocenters. The van der Waals surface area contributed by atoms with Crippen molar-refractivity contribution in [2.45, 2.75) is 33.0 Å². The first-order valence-electron chi connectivity index (χ1n) is 8.83. The van der Waals surface area contributed by atoms with Gasteiger partial charge in [-0.2, -0.15) is 5.10 Å². The molecule has 26 heavy (non-hydrogen) atoms. The van der Waals surface area contributed by atoms with Crippen LogP contribution in [-0.4, -0.2) is 47.7 Å². The Labute approximate surface area is 161 Å². The maximum Gasteiger partial charge on any atom is 0.118 e. The number of halogens is 1. The van der Waals surface area contributed by atoms with Gasteiger partial charge in [0.25, 0.3) is 0 Å². The molecule has 1 fully saturated rings. The van der Waals surface area contributed by atoms with E-state index in [4.69, 9.17) is 9.84 Å². The van der Waals surface area contributed by atoms with Gasteiger partial charge in [0.1, 0.15) is 5.75 Å². The number of ether oxygens (including phenoxy) is 1. The molecule has 0 amide bonds. The van der Waals surface area contributed by atoms with Crippen molar-refractivity contribution in [3.8, 4) is 5.75 Å². The zero-order valence-electron chi connectivity index (χ0n) is 15.7. The number of hydrogen-bond acceptors (Lipinski definition) is 5. The third-order valence-electron chi connectivity index (χ3n) is 5.04. The zero-order valence-corrected chi connectivity index (χ0v) is 16.5. The molecule has 2 unspecified atom stereocenters. The molecule has 1 aliphatic rings. The fourth-order valence-electron chi connectivity index (χ4n) is 3.36. The average Bonchev–Trinajstić information content (AvgIpc) is 3.13. The number of nitrogens with zero attached hydrogens (tertiary/aromatic N) is 2. The van der Waals surface area contributed by atoms with Gasteiger partial charge < -0.3 is 20.5 Å². The summed E-state index contributed by atoms with van der Waals surface area (Å²) in [4.78, 5) is 0. The molecule has 1 aromatic carbocycles. The van der Waals surface area contributed by atoms with Crippen molar-refractivity contribution < 1.29 is 9.84 Å². The standard InChI is InChI=1S/C19H28N4O2.ClH/c1-13-18(10-20-8-16-9-21-11-19(16)24)14(2)23(22-13)12-15-4-6-17(25-3)7-5-15;/h4-7,16,19-21,24H,8-12H2,1-3H3;1H. The lowest BCUT2D eigenvalue weighted by Gasteiger charge is -2.14. The van der Waals surface area contributed by atoms with E-state index in [1.807, 2.05) is 12.1 Å². The summed E-state index contributed by atoms with van der Waals surface area (Å²) in [6.07, 6.45) is -0.243. The molecular weight excluding hydrogens is 352 g/mol. The number of aliphatic hydroxyl groups excluding tert-OH is 1. The van der Waals surface area contributed by atoms with Gasteiger partial charge >= 0.3 is 0 Å². The second-order valence-corrected chi connectivity index (χ2v) is 6.77. The summed E-state index contributed by atoms with van der Waals surface area (Å²) in [6.45, 7) is 8.10. The zero-order chi connectivity index (χ0) is 17.8. The van der Waals surface area contributed by atoms with E-state index in [-0.39, 0.29) is 24.4 Å². The average molecular weight is 381 g/mol. The summed E-state index contributed by atoms with van der Waals surface area (Å²) in [6, 6.07) is 8.10. The highest BCUT2D eigenvalue weighted by Crippen LogP contribution is 2.17. The summed E-state index contributed by atoms with van der Waals surface area (Å²) in [5, 5.41) is 21.3. The fourth-order valence-corrected chi connectivity index (χ4v) is 3.36. The predicted molar refractivity (Wildman–Crippen MR) is 105 cm³/mol. The van der Waals surface area contributed by atoms with Crippen LogP contribution in [0.2, 0.25) is 0 Å². The molecule has 144 valence electrons. The first-order chi connectivity index (χ1) is 12.1. The van der Waals surface area contributed by atoms with Crippen LogP contribution >= 0.6 is 12.4 Å². The van der Waals surface area contributed by atoms with Gasteiger partial charge in [0, 0.05) is 43.4 Å². The maximum absolute atomic E-state index is 9.87. The summed E-state index contributed by atoms with van der Waals surface area (Å²) >= 11 is 0. The summed E-state index contributed by atoms with van der Waals surface area (Å²) in [7, 11) is 1.68. The third-order valence-corrected chi connectivity index (χ3v) is 5.04. The lowest BCUT2D eigenvalue weighted by molar-refractivity contribution is 0.146. The van der Waals surface area contributed by atoms with Crippen molar-refractivity contribution in [1.29, 1.82) is 0 Å². The molecule has 1 aliphatic heterocycles. The minimum atomic E-state index is -0.243. The molecule has 3 rings (SSSR count). The highest BCUT2D eigenvalue weighted by Gasteiger charge is 2.24. The number of hydrogen-bond donors (Lipinski definition) is 3. The van der Waals surface area contributed by atoms with Crippen LogP contribution < -0.4 is 15.4 Å². The molecule has 6 nitrogen and oxygen atoms in total. The normalized spacial score (nSPS) is 19.4. The molecule has 7 heteroatoms. The van der Waals surface area contributed by atoms with Gasteiger partial charge in [0.15, 0.2) is 0 Å². The number of aromatic nitrogens is 2. The van der Waals surface area contributed by atoms with E-state index in [9.17, 15) is 5.11 Å². The Hall–Kier alpha value is -1.60. The highest BCUT2D eigenvalue weighted by atomic mass is 35.5. The number of aryl methyl sites for hydroxylation is 1. The van der Waals surface area contributed by atoms with Crippen LogP contribution in [0, 0.1) is 19.8 Å². The van der Waals surface area contributed by atoms with Gasteiger partial charge in [0.2, 0.25) is 0 Å². The number of nitrogens with one attached hydrogen (secondary N) is 2. The minimum Gasteiger partial charge on any atom is -0.497 e. The Kier molecular flexibility index (Phi) is 7.46. The highest BCUT2D eigenvalue weighted by molar-refractivity contribution is 5.85. The largest absolute Gasteiger partial charge is 0.497 e. The number of β-amino-alcohol motifs (C(OH)–C–C–N with tert-alkyl or cyclic N) is 1. The van der Waals surface area contributed by atoms with Crippen LogP contribution in [0.5, 0.6) is 5.75 Å². The topological polar surface area (TPSA) is 71.3 Å². The first-order valence-corrected chi connectivity index (χ1v) is 8.83. The Morgan fingerprint density at radius 1 is 1.27 bits per heavy atom.